The van der Waals surface area contributed by atoms with Crippen molar-refractivity contribution in [3.63, 3.8) is 0 Å². The minimum atomic E-state index is -0.188. The highest BCUT2D eigenvalue weighted by Gasteiger charge is 2.19. The van der Waals surface area contributed by atoms with Gasteiger partial charge in [0.2, 0.25) is 0 Å². The van der Waals surface area contributed by atoms with Crippen molar-refractivity contribution in [2.45, 2.75) is 6.04 Å². The second kappa shape index (κ2) is 3.53. The molecule has 1 rings (SSSR count). The maximum atomic E-state index is 10.8. The van der Waals surface area contributed by atoms with Gasteiger partial charge in [-0.3, -0.25) is 4.79 Å². The molecule has 0 spiro atoms. The Morgan fingerprint density at radius 3 is 2.90 bits per heavy atom. The smallest absolute Gasteiger partial charge is 0.324 e. The van der Waals surface area contributed by atoms with Crippen molar-refractivity contribution in [1.29, 1.82) is 0 Å². The van der Waals surface area contributed by atoms with E-state index in [0.717, 1.165) is 13.1 Å². The summed E-state index contributed by atoms with van der Waals surface area (Å²) in [6, 6.07) is -0.154. The van der Waals surface area contributed by atoms with Crippen LogP contribution < -0.4 is 10.6 Å². The van der Waals surface area contributed by atoms with Gasteiger partial charge in [0.25, 0.3) is 0 Å². The molecule has 1 fully saturated rings. The highest BCUT2D eigenvalue weighted by Crippen LogP contribution is 1.88. The number of piperazine rings is 1. The summed E-state index contributed by atoms with van der Waals surface area (Å²) in [5.74, 6) is -0.188. The molecule has 0 amide bonds. The van der Waals surface area contributed by atoms with E-state index in [4.69, 9.17) is 0 Å². The molecule has 1 aliphatic heterocycles. The van der Waals surface area contributed by atoms with Gasteiger partial charge in [-0.1, -0.05) is 0 Å². The monoisotopic (exact) mass is 144 g/mol. The molecule has 1 heterocycles. The summed E-state index contributed by atoms with van der Waals surface area (Å²) in [5, 5.41) is 6.12. The number of esters is 1. The molecule has 0 aromatic carbocycles. The average molecular weight is 144 g/mol. The van der Waals surface area contributed by atoms with Crippen molar-refractivity contribution in [1.82, 2.24) is 10.6 Å². The molecule has 0 bridgehead atoms. The molecule has 1 saturated heterocycles. The van der Waals surface area contributed by atoms with Gasteiger partial charge in [-0.15, -0.1) is 0 Å². The van der Waals surface area contributed by atoms with E-state index in [0.29, 0.717) is 6.54 Å². The number of carbonyl (C=O) groups is 1. The SMILES string of the molecule is COC(=O)[C@H]1CNCCN1. The predicted molar refractivity (Wildman–Crippen MR) is 36.7 cm³/mol. The van der Waals surface area contributed by atoms with Crippen molar-refractivity contribution in [2.75, 3.05) is 26.7 Å². The zero-order valence-electron chi connectivity index (χ0n) is 6.02. The number of hydrogen-bond donors (Lipinski definition) is 2. The third-order valence-electron chi connectivity index (χ3n) is 1.53. The highest BCUT2D eigenvalue weighted by atomic mass is 16.5. The molecule has 0 aromatic heterocycles. The van der Waals surface area contributed by atoms with Crippen molar-refractivity contribution in [3.05, 3.63) is 0 Å². The normalized spacial score (nSPS) is 25.9. The fraction of sp³-hybridized carbons (Fsp3) is 0.833. The van der Waals surface area contributed by atoms with Crippen LogP contribution in [-0.2, 0) is 9.53 Å². The Bertz CT molecular complexity index is 121. The Kier molecular flexibility index (Phi) is 2.65. The van der Waals surface area contributed by atoms with E-state index in [1.807, 2.05) is 0 Å². The van der Waals surface area contributed by atoms with Crippen molar-refractivity contribution in [3.8, 4) is 0 Å². The topological polar surface area (TPSA) is 50.4 Å². The largest absolute Gasteiger partial charge is 0.468 e. The first-order valence-electron chi connectivity index (χ1n) is 3.36. The minimum absolute atomic E-state index is 0.154. The molecule has 58 valence electrons. The first kappa shape index (κ1) is 7.50. The number of methoxy groups -OCH3 is 1. The Balaban J connectivity index is 2.31. The lowest BCUT2D eigenvalue weighted by atomic mass is 10.2. The first-order chi connectivity index (χ1) is 4.84. The predicted octanol–water partition coefficient (Wildman–Crippen LogP) is -1.28. The third-order valence-corrected chi connectivity index (χ3v) is 1.53. The molecular formula is C6H12N2O2. The number of rotatable bonds is 1. The van der Waals surface area contributed by atoms with Crippen LogP contribution in [0.15, 0.2) is 0 Å². The van der Waals surface area contributed by atoms with Crippen LogP contribution in [-0.4, -0.2) is 38.8 Å². The van der Waals surface area contributed by atoms with E-state index in [2.05, 4.69) is 15.4 Å². The second-order valence-corrected chi connectivity index (χ2v) is 2.23. The van der Waals surface area contributed by atoms with Crippen molar-refractivity contribution < 1.29 is 9.53 Å². The van der Waals surface area contributed by atoms with Crippen LogP contribution in [0.4, 0.5) is 0 Å². The van der Waals surface area contributed by atoms with Gasteiger partial charge in [-0.05, 0) is 0 Å². The maximum Gasteiger partial charge on any atom is 0.324 e. The molecule has 0 saturated carbocycles. The number of hydrogen-bond acceptors (Lipinski definition) is 4. The van der Waals surface area contributed by atoms with Gasteiger partial charge < -0.3 is 15.4 Å². The summed E-state index contributed by atoms with van der Waals surface area (Å²) in [7, 11) is 1.40. The molecule has 4 heteroatoms. The van der Waals surface area contributed by atoms with E-state index in [1.54, 1.807) is 0 Å². The Morgan fingerprint density at radius 1 is 1.60 bits per heavy atom. The van der Waals surface area contributed by atoms with E-state index in [9.17, 15) is 4.79 Å². The Morgan fingerprint density at radius 2 is 2.40 bits per heavy atom. The summed E-state index contributed by atoms with van der Waals surface area (Å²) >= 11 is 0. The molecule has 4 nitrogen and oxygen atoms in total. The van der Waals surface area contributed by atoms with E-state index >= 15 is 0 Å². The molecule has 2 N–H and O–H groups in total. The highest BCUT2D eigenvalue weighted by molar-refractivity contribution is 5.76. The zero-order valence-corrected chi connectivity index (χ0v) is 6.02. The van der Waals surface area contributed by atoms with Crippen molar-refractivity contribution in [2.24, 2.45) is 0 Å². The lowest BCUT2D eigenvalue weighted by Crippen LogP contribution is -2.52. The summed E-state index contributed by atoms with van der Waals surface area (Å²) in [6.07, 6.45) is 0. The van der Waals surface area contributed by atoms with Gasteiger partial charge in [0.1, 0.15) is 6.04 Å². The quantitative estimate of drug-likeness (QED) is 0.450. The van der Waals surface area contributed by atoms with Crippen LogP contribution in [0, 0.1) is 0 Å². The van der Waals surface area contributed by atoms with E-state index < -0.39 is 0 Å². The summed E-state index contributed by atoms with van der Waals surface area (Å²) < 4.78 is 4.55. The van der Waals surface area contributed by atoms with E-state index in [1.165, 1.54) is 7.11 Å². The third kappa shape index (κ3) is 1.68. The average Bonchev–Trinajstić information content (AvgIpc) is 2.05. The number of nitrogens with one attached hydrogen (secondary N) is 2. The molecule has 0 radical (unpaired) electrons. The summed E-state index contributed by atoms with van der Waals surface area (Å²) in [6.45, 7) is 2.43. The fourth-order valence-electron chi connectivity index (χ4n) is 0.962. The van der Waals surface area contributed by atoms with Gasteiger partial charge in [0, 0.05) is 19.6 Å². The molecule has 0 aliphatic carbocycles. The van der Waals surface area contributed by atoms with Gasteiger partial charge in [0.05, 0.1) is 7.11 Å². The van der Waals surface area contributed by atoms with Crippen molar-refractivity contribution >= 4 is 5.97 Å². The van der Waals surface area contributed by atoms with Gasteiger partial charge in [-0.2, -0.15) is 0 Å². The van der Waals surface area contributed by atoms with Gasteiger partial charge >= 0.3 is 5.97 Å². The molecule has 1 atom stereocenters. The molecule has 0 unspecified atom stereocenters. The molecule has 10 heavy (non-hydrogen) atoms. The molecular weight excluding hydrogens is 132 g/mol. The zero-order chi connectivity index (χ0) is 7.40. The molecule has 0 aromatic rings. The summed E-state index contributed by atoms with van der Waals surface area (Å²) in [5.41, 5.74) is 0. The van der Waals surface area contributed by atoms with E-state index in [-0.39, 0.29) is 12.0 Å². The molecule has 1 aliphatic rings. The lowest BCUT2D eigenvalue weighted by molar-refractivity contribution is -0.143. The second-order valence-electron chi connectivity index (χ2n) is 2.23. The fourth-order valence-corrected chi connectivity index (χ4v) is 0.962. The lowest BCUT2D eigenvalue weighted by Gasteiger charge is -2.21. The maximum absolute atomic E-state index is 10.8. The van der Waals surface area contributed by atoms with Crippen LogP contribution in [0.1, 0.15) is 0 Å². The van der Waals surface area contributed by atoms with Gasteiger partial charge in [0.15, 0.2) is 0 Å². The number of carbonyl (C=O) groups excluding carboxylic acids is 1. The van der Waals surface area contributed by atoms with Gasteiger partial charge in [-0.25, -0.2) is 0 Å². The Labute approximate surface area is 59.9 Å². The Hall–Kier alpha value is -0.610. The van der Waals surface area contributed by atoms with Crippen LogP contribution in [0.5, 0.6) is 0 Å². The van der Waals surface area contributed by atoms with Crippen LogP contribution in [0.2, 0.25) is 0 Å². The van der Waals surface area contributed by atoms with Crippen LogP contribution in [0.3, 0.4) is 0 Å². The number of ether oxygens (including phenoxy) is 1. The summed E-state index contributed by atoms with van der Waals surface area (Å²) in [4.78, 5) is 10.8. The standard InChI is InChI=1S/C6H12N2O2/c1-10-6(9)5-4-7-2-3-8-5/h5,7-8H,2-4H2,1H3/t5-/m1/s1. The minimum Gasteiger partial charge on any atom is -0.468 e. The van der Waals surface area contributed by atoms with Crippen LogP contribution in [0.25, 0.3) is 0 Å². The van der Waals surface area contributed by atoms with Crippen LogP contribution >= 0.6 is 0 Å². The first-order valence-corrected chi connectivity index (χ1v) is 3.36.